The van der Waals surface area contributed by atoms with Gasteiger partial charge < -0.3 is 20.3 Å². The molecule has 20 heavy (non-hydrogen) atoms. The first-order valence-corrected chi connectivity index (χ1v) is 7.28. The van der Waals surface area contributed by atoms with Crippen LogP contribution in [0.4, 0.5) is 17.8 Å². The quantitative estimate of drug-likeness (QED) is 0.851. The molecule has 2 atom stereocenters. The van der Waals surface area contributed by atoms with E-state index in [1.807, 2.05) is 0 Å². The smallest absolute Gasteiger partial charge is 0.232 e. The van der Waals surface area contributed by atoms with Crippen LogP contribution in [0.2, 0.25) is 0 Å². The second-order valence-corrected chi connectivity index (χ2v) is 5.63. The van der Waals surface area contributed by atoms with E-state index in [0.717, 1.165) is 19.6 Å². The van der Waals surface area contributed by atoms with Gasteiger partial charge in [-0.1, -0.05) is 0 Å². The van der Waals surface area contributed by atoms with E-state index in [9.17, 15) is 0 Å². The summed E-state index contributed by atoms with van der Waals surface area (Å²) in [6.07, 6.45) is 2.55. The molecule has 0 aromatic carbocycles. The first-order chi connectivity index (χ1) is 9.63. The fourth-order valence-electron chi connectivity index (χ4n) is 2.74. The van der Waals surface area contributed by atoms with Crippen LogP contribution in [0.15, 0.2) is 0 Å². The summed E-state index contributed by atoms with van der Waals surface area (Å²) >= 11 is 0. The summed E-state index contributed by atoms with van der Waals surface area (Å²) in [6.45, 7) is 7.64. The zero-order chi connectivity index (χ0) is 14.1. The monoisotopic (exact) mass is 278 g/mol. The molecular formula is C13H22N6O. The van der Waals surface area contributed by atoms with Gasteiger partial charge in [0, 0.05) is 19.6 Å². The molecular weight excluding hydrogens is 256 g/mol. The van der Waals surface area contributed by atoms with Crippen LogP contribution in [-0.4, -0.2) is 53.3 Å². The lowest BCUT2D eigenvalue weighted by Gasteiger charge is -2.37. The molecule has 0 amide bonds. The summed E-state index contributed by atoms with van der Waals surface area (Å²) in [5.74, 6) is 1.67. The van der Waals surface area contributed by atoms with Gasteiger partial charge in [0.25, 0.3) is 0 Å². The third-order valence-electron chi connectivity index (χ3n) is 3.88. The van der Waals surface area contributed by atoms with Crippen molar-refractivity contribution >= 4 is 17.8 Å². The van der Waals surface area contributed by atoms with E-state index in [2.05, 4.69) is 38.6 Å². The van der Waals surface area contributed by atoms with Crippen LogP contribution in [0.1, 0.15) is 26.7 Å². The van der Waals surface area contributed by atoms with E-state index in [0.29, 0.717) is 24.5 Å². The number of aromatic nitrogens is 3. The summed E-state index contributed by atoms with van der Waals surface area (Å²) in [7, 11) is 0. The predicted octanol–water partition coefficient (Wildman–Crippen LogP) is 0.668. The molecule has 2 aliphatic heterocycles. The van der Waals surface area contributed by atoms with E-state index in [1.165, 1.54) is 12.8 Å². The average molecular weight is 278 g/mol. The largest absolute Gasteiger partial charge is 0.375 e. The number of hydrogen-bond acceptors (Lipinski definition) is 7. The van der Waals surface area contributed by atoms with Gasteiger partial charge in [0.05, 0.1) is 18.8 Å². The second-order valence-electron chi connectivity index (χ2n) is 5.63. The van der Waals surface area contributed by atoms with Crippen LogP contribution in [0.5, 0.6) is 0 Å². The maximum absolute atomic E-state index is 5.87. The lowest BCUT2D eigenvalue weighted by atomic mass is 10.2. The molecule has 7 nitrogen and oxygen atoms in total. The number of ether oxygens (including phenoxy) is 1. The van der Waals surface area contributed by atoms with Crippen molar-refractivity contribution in [1.29, 1.82) is 0 Å². The van der Waals surface area contributed by atoms with Gasteiger partial charge >= 0.3 is 0 Å². The van der Waals surface area contributed by atoms with Gasteiger partial charge in [-0.05, 0) is 26.7 Å². The van der Waals surface area contributed by atoms with E-state index in [1.54, 1.807) is 0 Å². The van der Waals surface area contributed by atoms with Crippen LogP contribution in [0.3, 0.4) is 0 Å². The van der Waals surface area contributed by atoms with Gasteiger partial charge in [-0.2, -0.15) is 15.0 Å². The lowest BCUT2D eigenvalue weighted by Crippen LogP contribution is -2.48. The van der Waals surface area contributed by atoms with Crippen molar-refractivity contribution < 1.29 is 4.74 Å². The van der Waals surface area contributed by atoms with Gasteiger partial charge in [0.2, 0.25) is 17.8 Å². The Balaban J connectivity index is 1.88. The Morgan fingerprint density at radius 3 is 2.55 bits per heavy atom. The summed E-state index contributed by atoms with van der Waals surface area (Å²) in [5, 5.41) is 0. The SMILES string of the molecule is CC1CN(c2nc(N)nc(N3CCCC3)n2)C(C)CO1. The molecule has 1 aromatic rings. The van der Waals surface area contributed by atoms with Crippen molar-refractivity contribution in [3.63, 3.8) is 0 Å². The number of nitrogens with zero attached hydrogens (tertiary/aromatic N) is 5. The molecule has 1 aromatic heterocycles. The summed E-state index contributed by atoms with van der Waals surface area (Å²) in [4.78, 5) is 17.5. The minimum atomic E-state index is 0.180. The molecule has 110 valence electrons. The summed E-state index contributed by atoms with van der Waals surface area (Å²) in [6, 6.07) is 0.249. The third kappa shape index (κ3) is 2.63. The fraction of sp³-hybridized carbons (Fsp3) is 0.769. The average Bonchev–Trinajstić information content (AvgIpc) is 2.95. The first-order valence-electron chi connectivity index (χ1n) is 7.28. The number of morpholine rings is 1. The summed E-state index contributed by atoms with van der Waals surface area (Å²) in [5.41, 5.74) is 5.87. The van der Waals surface area contributed by atoms with E-state index in [-0.39, 0.29) is 12.1 Å². The fourth-order valence-corrected chi connectivity index (χ4v) is 2.74. The normalized spacial score (nSPS) is 27.1. The van der Waals surface area contributed by atoms with Gasteiger partial charge in [0.15, 0.2) is 0 Å². The number of anilines is 3. The highest BCUT2D eigenvalue weighted by molar-refractivity contribution is 5.45. The standard InChI is InChI=1S/C13H22N6O/c1-9-8-20-10(2)7-19(9)13-16-11(14)15-12(17-13)18-5-3-4-6-18/h9-10H,3-8H2,1-2H3,(H2,14,15,16,17). The van der Waals surface area contributed by atoms with Crippen molar-refractivity contribution in [3.8, 4) is 0 Å². The third-order valence-corrected chi connectivity index (χ3v) is 3.88. The predicted molar refractivity (Wildman–Crippen MR) is 77.9 cm³/mol. The van der Waals surface area contributed by atoms with E-state index >= 15 is 0 Å². The van der Waals surface area contributed by atoms with Crippen molar-refractivity contribution in [2.24, 2.45) is 0 Å². The highest BCUT2D eigenvalue weighted by Crippen LogP contribution is 2.22. The Hall–Kier alpha value is -1.63. The van der Waals surface area contributed by atoms with Crippen molar-refractivity contribution in [3.05, 3.63) is 0 Å². The maximum atomic E-state index is 5.87. The Labute approximate surface area is 119 Å². The van der Waals surface area contributed by atoms with Gasteiger partial charge in [-0.3, -0.25) is 0 Å². The number of nitrogens with two attached hydrogens (primary N) is 1. The zero-order valence-corrected chi connectivity index (χ0v) is 12.1. The molecule has 0 bridgehead atoms. The van der Waals surface area contributed by atoms with E-state index in [4.69, 9.17) is 10.5 Å². The van der Waals surface area contributed by atoms with Gasteiger partial charge in [-0.15, -0.1) is 0 Å². The highest BCUT2D eigenvalue weighted by atomic mass is 16.5. The Morgan fingerprint density at radius 1 is 1.10 bits per heavy atom. The summed E-state index contributed by atoms with van der Waals surface area (Å²) < 4.78 is 5.65. The van der Waals surface area contributed by atoms with Crippen molar-refractivity contribution in [2.75, 3.05) is 41.8 Å². The Kier molecular flexibility index (Phi) is 3.60. The lowest BCUT2D eigenvalue weighted by molar-refractivity contribution is 0.0337. The van der Waals surface area contributed by atoms with Crippen LogP contribution in [0, 0.1) is 0 Å². The Bertz CT molecular complexity index is 476. The molecule has 7 heteroatoms. The molecule has 2 fully saturated rings. The highest BCUT2D eigenvalue weighted by Gasteiger charge is 2.27. The maximum Gasteiger partial charge on any atom is 0.232 e. The van der Waals surface area contributed by atoms with Crippen molar-refractivity contribution in [1.82, 2.24) is 15.0 Å². The zero-order valence-electron chi connectivity index (χ0n) is 12.1. The van der Waals surface area contributed by atoms with Gasteiger partial charge in [0.1, 0.15) is 0 Å². The first kappa shape index (κ1) is 13.4. The molecule has 0 aliphatic carbocycles. The number of nitrogen functional groups attached to an aromatic ring is 1. The Morgan fingerprint density at radius 2 is 1.80 bits per heavy atom. The van der Waals surface area contributed by atoms with Crippen molar-refractivity contribution in [2.45, 2.75) is 38.8 Å². The number of rotatable bonds is 2. The van der Waals surface area contributed by atoms with Gasteiger partial charge in [-0.25, -0.2) is 0 Å². The van der Waals surface area contributed by atoms with Crippen LogP contribution >= 0.6 is 0 Å². The molecule has 3 rings (SSSR count). The minimum absolute atomic E-state index is 0.180. The van der Waals surface area contributed by atoms with Crippen LogP contribution < -0.4 is 15.5 Å². The van der Waals surface area contributed by atoms with E-state index < -0.39 is 0 Å². The molecule has 0 radical (unpaired) electrons. The van der Waals surface area contributed by atoms with Crippen LogP contribution in [-0.2, 0) is 4.74 Å². The molecule has 3 heterocycles. The molecule has 2 aliphatic rings. The molecule has 2 saturated heterocycles. The molecule has 2 N–H and O–H groups in total. The molecule has 0 saturated carbocycles. The topological polar surface area (TPSA) is 80.4 Å². The van der Waals surface area contributed by atoms with Crippen LogP contribution in [0.25, 0.3) is 0 Å². The molecule has 2 unspecified atom stereocenters. The molecule has 0 spiro atoms. The number of hydrogen-bond donors (Lipinski definition) is 1. The minimum Gasteiger partial charge on any atom is -0.375 e. The second kappa shape index (κ2) is 5.40.